The van der Waals surface area contributed by atoms with Crippen molar-refractivity contribution in [2.75, 3.05) is 6.54 Å². The Morgan fingerprint density at radius 1 is 1.42 bits per heavy atom. The first-order valence-corrected chi connectivity index (χ1v) is 7.16. The topological polar surface area (TPSA) is 60.1 Å². The number of nitrogens with one attached hydrogen (secondary N) is 1. The van der Waals surface area contributed by atoms with Crippen LogP contribution in [0.5, 0.6) is 0 Å². The van der Waals surface area contributed by atoms with Gasteiger partial charge in [-0.25, -0.2) is 0 Å². The van der Waals surface area contributed by atoms with Crippen LogP contribution in [0.2, 0.25) is 0 Å². The lowest BCUT2D eigenvalue weighted by atomic mass is 9.96. The van der Waals surface area contributed by atoms with Gasteiger partial charge in [-0.3, -0.25) is 4.79 Å². The summed E-state index contributed by atoms with van der Waals surface area (Å²) < 4.78 is 2.10. The van der Waals surface area contributed by atoms with E-state index in [9.17, 15) is 4.79 Å². The molecular formula is C15H27N3O. The lowest BCUT2D eigenvalue weighted by Crippen LogP contribution is -2.24. The largest absolute Gasteiger partial charge is 0.351 e. The van der Waals surface area contributed by atoms with E-state index >= 15 is 0 Å². The third-order valence-electron chi connectivity index (χ3n) is 3.88. The van der Waals surface area contributed by atoms with Crippen molar-refractivity contribution in [3.8, 4) is 0 Å². The summed E-state index contributed by atoms with van der Waals surface area (Å²) in [6, 6.07) is 4.12. The lowest BCUT2D eigenvalue weighted by Gasteiger charge is -2.13. The zero-order valence-corrected chi connectivity index (χ0v) is 12.4. The van der Waals surface area contributed by atoms with E-state index in [1.807, 2.05) is 7.05 Å². The van der Waals surface area contributed by atoms with Crippen LogP contribution in [0.1, 0.15) is 44.0 Å². The van der Waals surface area contributed by atoms with Crippen LogP contribution in [0, 0.1) is 12.8 Å². The number of carbonyl (C=O) groups is 1. The van der Waals surface area contributed by atoms with Crippen molar-refractivity contribution in [2.24, 2.45) is 18.7 Å². The molecule has 3 N–H and O–H groups in total. The van der Waals surface area contributed by atoms with Gasteiger partial charge in [0.1, 0.15) is 0 Å². The summed E-state index contributed by atoms with van der Waals surface area (Å²) in [7, 11) is 2.02. The smallest absolute Gasteiger partial charge is 0.220 e. The van der Waals surface area contributed by atoms with Gasteiger partial charge in [-0.1, -0.05) is 13.3 Å². The SMILES string of the molecule is CCC(CCN)CCC(=O)NCc1ccc(C)n1C. The highest BCUT2D eigenvalue weighted by molar-refractivity contribution is 5.75. The summed E-state index contributed by atoms with van der Waals surface area (Å²) in [4.78, 5) is 11.8. The zero-order chi connectivity index (χ0) is 14.3. The van der Waals surface area contributed by atoms with E-state index < -0.39 is 0 Å². The van der Waals surface area contributed by atoms with E-state index in [1.54, 1.807) is 0 Å². The second-order valence-electron chi connectivity index (χ2n) is 5.19. The Hall–Kier alpha value is -1.29. The molecule has 0 saturated heterocycles. The molecule has 1 amide bonds. The van der Waals surface area contributed by atoms with Crippen molar-refractivity contribution in [1.29, 1.82) is 0 Å². The first-order valence-electron chi connectivity index (χ1n) is 7.16. The third-order valence-corrected chi connectivity index (χ3v) is 3.88. The van der Waals surface area contributed by atoms with Gasteiger partial charge in [0.15, 0.2) is 0 Å². The molecule has 1 rings (SSSR count). The second kappa shape index (κ2) is 8.00. The van der Waals surface area contributed by atoms with Gasteiger partial charge >= 0.3 is 0 Å². The van der Waals surface area contributed by atoms with Gasteiger partial charge in [0.25, 0.3) is 0 Å². The highest BCUT2D eigenvalue weighted by atomic mass is 16.1. The molecule has 1 aromatic rings. The molecule has 108 valence electrons. The van der Waals surface area contributed by atoms with E-state index in [1.165, 1.54) is 5.69 Å². The van der Waals surface area contributed by atoms with Gasteiger partial charge < -0.3 is 15.6 Å². The van der Waals surface area contributed by atoms with E-state index in [0.29, 0.717) is 25.4 Å². The summed E-state index contributed by atoms with van der Waals surface area (Å²) in [5.74, 6) is 0.711. The minimum Gasteiger partial charge on any atom is -0.351 e. The van der Waals surface area contributed by atoms with Gasteiger partial charge in [0.05, 0.1) is 6.54 Å². The summed E-state index contributed by atoms with van der Waals surface area (Å²) in [5, 5.41) is 2.98. The van der Waals surface area contributed by atoms with E-state index in [-0.39, 0.29) is 5.91 Å². The molecule has 0 spiro atoms. The number of aryl methyl sites for hydroxylation is 1. The molecule has 0 radical (unpaired) electrons. The number of aromatic nitrogens is 1. The molecule has 1 atom stereocenters. The summed E-state index contributed by atoms with van der Waals surface area (Å²) in [5.41, 5.74) is 7.91. The second-order valence-corrected chi connectivity index (χ2v) is 5.19. The molecule has 0 fully saturated rings. The van der Waals surface area contributed by atoms with Crippen LogP contribution in [0.25, 0.3) is 0 Å². The maximum atomic E-state index is 11.8. The number of amides is 1. The standard InChI is InChI=1S/C15H27N3O/c1-4-13(9-10-16)6-8-15(19)17-11-14-7-5-12(2)18(14)3/h5,7,13H,4,6,8-11,16H2,1-3H3,(H,17,19). The molecule has 1 aromatic heterocycles. The molecule has 0 saturated carbocycles. The fraction of sp³-hybridized carbons (Fsp3) is 0.667. The van der Waals surface area contributed by atoms with E-state index in [2.05, 4.69) is 35.9 Å². The Kier molecular flexibility index (Phi) is 6.64. The monoisotopic (exact) mass is 265 g/mol. The van der Waals surface area contributed by atoms with Crippen molar-refractivity contribution >= 4 is 5.91 Å². The Labute approximate surface area is 116 Å². The fourth-order valence-corrected chi connectivity index (χ4v) is 2.25. The van der Waals surface area contributed by atoms with Crippen LogP contribution in [0.15, 0.2) is 12.1 Å². The minimum atomic E-state index is 0.134. The van der Waals surface area contributed by atoms with Crippen LogP contribution in [0.3, 0.4) is 0 Å². The maximum absolute atomic E-state index is 11.8. The van der Waals surface area contributed by atoms with Gasteiger partial charge in [0, 0.05) is 24.9 Å². The molecule has 1 unspecified atom stereocenters. The Bertz CT molecular complexity index is 398. The lowest BCUT2D eigenvalue weighted by molar-refractivity contribution is -0.121. The molecule has 0 aliphatic rings. The number of nitrogens with zero attached hydrogens (tertiary/aromatic N) is 1. The number of carbonyl (C=O) groups excluding carboxylic acids is 1. The summed E-state index contributed by atoms with van der Waals surface area (Å²) in [6.07, 6.45) is 3.65. The maximum Gasteiger partial charge on any atom is 0.220 e. The van der Waals surface area contributed by atoms with Crippen molar-refractivity contribution in [3.05, 3.63) is 23.5 Å². The molecule has 4 nitrogen and oxygen atoms in total. The fourth-order valence-electron chi connectivity index (χ4n) is 2.25. The van der Waals surface area contributed by atoms with Crippen LogP contribution >= 0.6 is 0 Å². The summed E-state index contributed by atoms with van der Waals surface area (Å²) >= 11 is 0. The van der Waals surface area contributed by atoms with Crippen LogP contribution in [-0.4, -0.2) is 17.0 Å². The molecule has 0 bridgehead atoms. The average molecular weight is 265 g/mol. The number of hydrogen-bond acceptors (Lipinski definition) is 2. The Balaban J connectivity index is 2.30. The van der Waals surface area contributed by atoms with E-state index in [0.717, 1.165) is 25.0 Å². The Morgan fingerprint density at radius 3 is 2.68 bits per heavy atom. The number of hydrogen-bond donors (Lipinski definition) is 2. The highest BCUT2D eigenvalue weighted by Crippen LogP contribution is 2.14. The molecule has 0 aliphatic heterocycles. The normalized spacial score (nSPS) is 12.4. The number of nitrogens with two attached hydrogens (primary N) is 1. The first-order chi connectivity index (χ1) is 9.08. The minimum absolute atomic E-state index is 0.134. The van der Waals surface area contributed by atoms with Crippen molar-refractivity contribution in [1.82, 2.24) is 9.88 Å². The summed E-state index contributed by atoms with van der Waals surface area (Å²) in [6.45, 7) is 5.54. The van der Waals surface area contributed by atoms with E-state index in [4.69, 9.17) is 5.73 Å². The Morgan fingerprint density at radius 2 is 2.16 bits per heavy atom. The average Bonchev–Trinajstić information content (AvgIpc) is 2.72. The van der Waals surface area contributed by atoms with Crippen LogP contribution < -0.4 is 11.1 Å². The van der Waals surface area contributed by atoms with Gasteiger partial charge in [-0.2, -0.15) is 0 Å². The zero-order valence-electron chi connectivity index (χ0n) is 12.4. The molecule has 1 heterocycles. The molecule has 19 heavy (non-hydrogen) atoms. The predicted molar refractivity (Wildman–Crippen MR) is 78.7 cm³/mol. The van der Waals surface area contributed by atoms with Gasteiger partial charge in [-0.05, 0) is 44.4 Å². The van der Waals surface area contributed by atoms with Gasteiger partial charge in [0.2, 0.25) is 5.91 Å². The number of rotatable bonds is 8. The highest BCUT2D eigenvalue weighted by Gasteiger charge is 2.09. The molecule has 0 aromatic carbocycles. The first kappa shape index (κ1) is 15.8. The molecular weight excluding hydrogens is 238 g/mol. The van der Waals surface area contributed by atoms with Crippen molar-refractivity contribution in [2.45, 2.75) is 46.1 Å². The predicted octanol–water partition coefficient (Wildman–Crippen LogP) is 2.10. The van der Waals surface area contributed by atoms with Crippen molar-refractivity contribution < 1.29 is 4.79 Å². The third kappa shape index (κ3) is 5.07. The van der Waals surface area contributed by atoms with Gasteiger partial charge in [-0.15, -0.1) is 0 Å². The molecule has 0 aliphatic carbocycles. The molecule has 4 heteroatoms. The van der Waals surface area contributed by atoms with Crippen LogP contribution in [-0.2, 0) is 18.4 Å². The quantitative estimate of drug-likeness (QED) is 0.756. The van der Waals surface area contributed by atoms with Crippen LogP contribution in [0.4, 0.5) is 0 Å². The van der Waals surface area contributed by atoms with Crippen molar-refractivity contribution in [3.63, 3.8) is 0 Å².